The molecule has 0 aliphatic carbocycles. The minimum atomic E-state index is -4.42. The molecule has 11 heteroatoms. The van der Waals surface area contributed by atoms with E-state index in [-0.39, 0.29) is 32.6 Å². The van der Waals surface area contributed by atoms with E-state index in [9.17, 15) is 24.2 Å². The van der Waals surface area contributed by atoms with Crippen molar-refractivity contribution >= 4 is 19.8 Å². The molecule has 0 radical (unpaired) electrons. The zero-order chi connectivity index (χ0) is 42.6. The molecule has 3 atom stereocenters. The van der Waals surface area contributed by atoms with Gasteiger partial charge in [0.2, 0.25) is 0 Å². The fourth-order valence-corrected chi connectivity index (χ4v) is 5.99. The van der Waals surface area contributed by atoms with Gasteiger partial charge < -0.3 is 25.2 Å². The molecule has 10 nitrogen and oxygen atoms in total. The van der Waals surface area contributed by atoms with Crippen LogP contribution in [0, 0.1) is 0 Å². The van der Waals surface area contributed by atoms with Crippen LogP contribution < -0.4 is 5.73 Å². The van der Waals surface area contributed by atoms with Gasteiger partial charge in [0.1, 0.15) is 6.61 Å². The van der Waals surface area contributed by atoms with Gasteiger partial charge in [-0.2, -0.15) is 0 Å². The number of rotatable bonds is 39. The first-order chi connectivity index (χ1) is 28.2. The third-order valence-corrected chi connectivity index (χ3v) is 9.51. The van der Waals surface area contributed by atoms with E-state index in [1.165, 1.54) is 44.9 Å². The van der Waals surface area contributed by atoms with Gasteiger partial charge in [-0.1, -0.05) is 143 Å². The molecule has 0 amide bonds. The number of carbonyl (C=O) groups excluding carboxylic acids is 2. The number of esters is 2. The number of phosphoric acid groups is 1. The highest BCUT2D eigenvalue weighted by Crippen LogP contribution is 2.43. The van der Waals surface area contributed by atoms with E-state index < -0.39 is 38.6 Å². The average molecular weight is 832 g/mol. The maximum absolute atomic E-state index is 12.6. The predicted molar refractivity (Wildman–Crippen MR) is 239 cm³/mol. The van der Waals surface area contributed by atoms with Crippen molar-refractivity contribution in [3.8, 4) is 0 Å². The molecular formula is C47H78NO9P. The van der Waals surface area contributed by atoms with E-state index in [0.29, 0.717) is 25.7 Å². The van der Waals surface area contributed by atoms with Gasteiger partial charge in [0.05, 0.1) is 19.3 Å². The molecule has 1 unspecified atom stereocenters. The van der Waals surface area contributed by atoms with Crippen molar-refractivity contribution in [3.05, 3.63) is 97.2 Å². The molecule has 0 rings (SSSR count). The van der Waals surface area contributed by atoms with Crippen molar-refractivity contribution in [2.24, 2.45) is 5.73 Å². The van der Waals surface area contributed by atoms with Gasteiger partial charge in [-0.05, 0) is 89.9 Å². The van der Waals surface area contributed by atoms with Crippen molar-refractivity contribution in [2.75, 3.05) is 26.4 Å². The highest BCUT2D eigenvalue weighted by atomic mass is 31.2. The lowest BCUT2D eigenvalue weighted by molar-refractivity contribution is -0.161. The Hall–Kier alpha value is -3.11. The van der Waals surface area contributed by atoms with E-state index in [4.69, 9.17) is 24.3 Å². The topological polar surface area (TPSA) is 155 Å². The molecular weight excluding hydrogens is 753 g/mol. The minimum Gasteiger partial charge on any atom is -0.462 e. The largest absolute Gasteiger partial charge is 0.472 e. The molecule has 58 heavy (non-hydrogen) atoms. The Kier molecular flexibility index (Phi) is 39.8. The summed E-state index contributed by atoms with van der Waals surface area (Å²) < 4.78 is 32.6. The van der Waals surface area contributed by atoms with Crippen LogP contribution in [-0.4, -0.2) is 60.5 Å². The number of aliphatic hydroxyl groups excluding tert-OH is 1. The number of ether oxygens (including phenoxy) is 2. The highest BCUT2D eigenvalue weighted by molar-refractivity contribution is 7.47. The van der Waals surface area contributed by atoms with Gasteiger partial charge in [0, 0.05) is 19.4 Å². The van der Waals surface area contributed by atoms with Gasteiger partial charge >= 0.3 is 19.8 Å². The summed E-state index contributed by atoms with van der Waals surface area (Å²) in [6, 6.07) is 0. The molecule has 0 aliphatic heterocycles. The van der Waals surface area contributed by atoms with E-state index in [2.05, 4.69) is 68.5 Å². The van der Waals surface area contributed by atoms with Crippen LogP contribution in [0.3, 0.4) is 0 Å². The molecule has 0 spiro atoms. The fourth-order valence-electron chi connectivity index (χ4n) is 5.22. The number of phosphoric ester groups is 1. The van der Waals surface area contributed by atoms with E-state index >= 15 is 0 Å². The number of carbonyl (C=O) groups is 2. The number of aliphatic hydroxyl groups is 1. The Morgan fingerprint density at radius 1 is 0.603 bits per heavy atom. The van der Waals surface area contributed by atoms with E-state index in [1.54, 1.807) is 6.08 Å². The maximum Gasteiger partial charge on any atom is 0.472 e. The van der Waals surface area contributed by atoms with Crippen LogP contribution in [0.15, 0.2) is 97.2 Å². The Balaban J connectivity index is 4.40. The lowest BCUT2D eigenvalue weighted by Gasteiger charge is -2.19. The van der Waals surface area contributed by atoms with Gasteiger partial charge in [-0.25, -0.2) is 4.57 Å². The molecule has 0 fully saturated rings. The maximum atomic E-state index is 12.6. The average Bonchev–Trinajstić information content (AvgIpc) is 3.21. The van der Waals surface area contributed by atoms with Crippen LogP contribution in [0.25, 0.3) is 0 Å². The minimum absolute atomic E-state index is 0.0260. The summed E-state index contributed by atoms with van der Waals surface area (Å²) in [5.41, 5.74) is 5.34. The molecule has 0 heterocycles. The zero-order valence-electron chi connectivity index (χ0n) is 35.8. The third kappa shape index (κ3) is 41.1. The Bertz CT molecular complexity index is 1280. The van der Waals surface area contributed by atoms with E-state index in [0.717, 1.165) is 51.4 Å². The summed E-state index contributed by atoms with van der Waals surface area (Å²) in [5.74, 6) is -0.980. The van der Waals surface area contributed by atoms with E-state index in [1.807, 2.05) is 36.5 Å². The van der Waals surface area contributed by atoms with Crippen molar-refractivity contribution < 1.29 is 42.7 Å². The number of hydrogen-bond donors (Lipinski definition) is 3. The number of unbranched alkanes of at least 4 members (excludes halogenated alkanes) is 10. The number of nitrogens with two attached hydrogens (primary N) is 1. The van der Waals surface area contributed by atoms with Crippen molar-refractivity contribution in [1.82, 2.24) is 0 Å². The Morgan fingerprint density at radius 2 is 1.12 bits per heavy atom. The lowest BCUT2D eigenvalue weighted by Crippen LogP contribution is -2.29. The molecule has 330 valence electrons. The first kappa shape index (κ1) is 54.9. The molecule has 0 aromatic carbocycles. The van der Waals surface area contributed by atoms with Crippen molar-refractivity contribution in [3.63, 3.8) is 0 Å². The molecule has 4 N–H and O–H groups in total. The van der Waals surface area contributed by atoms with Crippen LogP contribution in [0.1, 0.15) is 149 Å². The summed E-state index contributed by atoms with van der Waals surface area (Å²) in [4.78, 5) is 34.9. The molecule has 0 aromatic rings. The first-order valence-corrected chi connectivity index (χ1v) is 23.3. The zero-order valence-corrected chi connectivity index (χ0v) is 36.7. The molecule has 0 bridgehead atoms. The van der Waals surface area contributed by atoms with Gasteiger partial charge in [0.25, 0.3) is 0 Å². The molecule has 0 aliphatic rings. The fraction of sp³-hybridized carbons (Fsp3) is 0.617. The van der Waals surface area contributed by atoms with Crippen LogP contribution in [-0.2, 0) is 32.7 Å². The van der Waals surface area contributed by atoms with Crippen molar-refractivity contribution in [1.29, 1.82) is 0 Å². The third-order valence-electron chi connectivity index (χ3n) is 8.52. The second-order valence-corrected chi connectivity index (χ2v) is 15.5. The summed E-state index contributed by atoms with van der Waals surface area (Å²) >= 11 is 0. The number of hydrogen-bond acceptors (Lipinski definition) is 9. The smallest absolute Gasteiger partial charge is 0.462 e. The second kappa shape index (κ2) is 42.0. The summed E-state index contributed by atoms with van der Waals surface area (Å²) in [6.07, 6.45) is 50.4. The van der Waals surface area contributed by atoms with Gasteiger partial charge in [0.15, 0.2) is 6.10 Å². The Labute approximate surface area is 351 Å². The standard InChI is InChI=1S/C47H78NO9P/c1-3-5-7-9-11-12-13-14-15-16-17-18-19-20-21-22-27-31-35-39-47(51)57-45(43-56-58(52,53)55-41-40-48)42-54-46(50)38-34-30-26-24-23-25-29-33-37-44(49)36-32-28-10-8-6-4-2/h11-12,14-15,17-18,20-21,24-26,28-29,32-33,37,44-45,49H,3-10,13,16,19,22-23,27,30-31,34-36,38-43,48H2,1-2H3,(H,52,53)/b12-11-,15-14-,18-17-,21-20-,26-24-,29-25-,32-28-,37-33+/t44-,45-/m1/s1. The number of allylic oxidation sites excluding steroid dienone is 14. The van der Waals surface area contributed by atoms with Crippen LogP contribution >= 0.6 is 7.82 Å². The lowest BCUT2D eigenvalue weighted by atomic mass is 10.1. The molecule has 0 saturated heterocycles. The highest BCUT2D eigenvalue weighted by Gasteiger charge is 2.25. The first-order valence-electron chi connectivity index (χ1n) is 21.8. The van der Waals surface area contributed by atoms with Crippen LogP contribution in [0.5, 0.6) is 0 Å². The van der Waals surface area contributed by atoms with Crippen LogP contribution in [0.4, 0.5) is 0 Å². The van der Waals surface area contributed by atoms with Crippen LogP contribution in [0.2, 0.25) is 0 Å². The van der Waals surface area contributed by atoms with Gasteiger partial charge in [-0.15, -0.1) is 0 Å². The molecule has 0 saturated carbocycles. The second-order valence-electron chi connectivity index (χ2n) is 14.1. The predicted octanol–water partition coefficient (Wildman–Crippen LogP) is 11.6. The quantitative estimate of drug-likeness (QED) is 0.0179. The normalized spacial score (nSPS) is 14.8. The summed E-state index contributed by atoms with van der Waals surface area (Å²) in [7, 11) is -4.42. The molecule has 0 aromatic heterocycles. The Morgan fingerprint density at radius 3 is 1.71 bits per heavy atom. The summed E-state index contributed by atoms with van der Waals surface area (Å²) in [5, 5.41) is 10.0. The monoisotopic (exact) mass is 832 g/mol. The van der Waals surface area contributed by atoms with Crippen molar-refractivity contribution in [2.45, 2.75) is 161 Å². The van der Waals surface area contributed by atoms with Gasteiger partial charge in [-0.3, -0.25) is 18.6 Å². The summed E-state index contributed by atoms with van der Waals surface area (Å²) in [6.45, 7) is 3.45. The SMILES string of the molecule is CCCCC/C=C\C/C=C\C/C=C\C/C=C\CCCCCC(=O)O[C@H](COC(=O)CCC/C=C\C/C=C\C=C\[C@H](O)C/C=C\CCCCC)COP(=O)(O)OCCN.